The van der Waals surface area contributed by atoms with Crippen LogP contribution in [0.25, 0.3) is 11.3 Å². The summed E-state index contributed by atoms with van der Waals surface area (Å²) < 4.78 is 10.4. The van der Waals surface area contributed by atoms with Crippen molar-refractivity contribution in [3.05, 3.63) is 71.9 Å². The molecule has 0 saturated heterocycles. The quantitative estimate of drug-likeness (QED) is 0.671. The van der Waals surface area contributed by atoms with Crippen molar-refractivity contribution >= 4 is 11.8 Å². The Morgan fingerprint density at radius 3 is 2.52 bits per heavy atom. The summed E-state index contributed by atoms with van der Waals surface area (Å²) in [5.41, 5.74) is 5.76. The van der Waals surface area contributed by atoms with Gasteiger partial charge in [0.2, 0.25) is 0 Å². The van der Waals surface area contributed by atoms with E-state index >= 15 is 0 Å². The number of nitrogens with one attached hydrogen (secondary N) is 2. The van der Waals surface area contributed by atoms with E-state index in [4.69, 9.17) is 14.5 Å². The first-order valence-electron chi connectivity index (χ1n) is 7.90. The Bertz CT molecular complexity index is 975. The van der Waals surface area contributed by atoms with Crippen LogP contribution in [0.1, 0.15) is 16.1 Å². The van der Waals surface area contributed by atoms with Gasteiger partial charge in [-0.2, -0.15) is 5.26 Å². The highest BCUT2D eigenvalue weighted by atomic mass is 16.5. The van der Waals surface area contributed by atoms with Gasteiger partial charge in [0.25, 0.3) is 11.8 Å². The zero-order valence-electron chi connectivity index (χ0n) is 14.0. The third-order valence-corrected chi connectivity index (χ3v) is 3.47. The molecule has 8 nitrogen and oxygen atoms in total. The van der Waals surface area contributed by atoms with Crippen molar-refractivity contribution in [2.24, 2.45) is 0 Å². The average Bonchev–Trinajstić information content (AvgIpc) is 3.22. The van der Waals surface area contributed by atoms with Crippen molar-refractivity contribution in [3.8, 4) is 23.1 Å². The lowest BCUT2D eigenvalue weighted by Crippen LogP contribution is -2.43. The van der Waals surface area contributed by atoms with Crippen LogP contribution in [0.2, 0.25) is 0 Å². The van der Waals surface area contributed by atoms with Crippen molar-refractivity contribution in [1.29, 1.82) is 5.26 Å². The number of hydrogen-bond acceptors (Lipinski definition) is 6. The highest BCUT2D eigenvalue weighted by Crippen LogP contribution is 2.19. The molecule has 0 aliphatic carbocycles. The Balaban J connectivity index is 1.48. The molecule has 1 aromatic heterocycles. The molecular formula is C19H14N4O4. The van der Waals surface area contributed by atoms with E-state index in [1.165, 1.54) is 6.07 Å². The summed E-state index contributed by atoms with van der Waals surface area (Å²) in [6.07, 6.45) is 0. The minimum Gasteiger partial charge on any atom is -0.484 e. The predicted octanol–water partition coefficient (Wildman–Crippen LogP) is 2.05. The minimum atomic E-state index is -0.618. The van der Waals surface area contributed by atoms with E-state index in [9.17, 15) is 9.59 Å². The minimum absolute atomic E-state index is 0.0298. The number of nitriles is 1. The number of carbonyl (C=O) groups is 2. The topological polar surface area (TPSA) is 117 Å². The largest absolute Gasteiger partial charge is 0.484 e. The maximum atomic E-state index is 12.0. The van der Waals surface area contributed by atoms with Gasteiger partial charge in [-0.25, -0.2) is 0 Å². The predicted molar refractivity (Wildman–Crippen MR) is 94.2 cm³/mol. The maximum Gasteiger partial charge on any atom is 0.291 e. The fourth-order valence-electron chi connectivity index (χ4n) is 2.12. The van der Waals surface area contributed by atoms with Gasteiger partial charge in [-0.05, 0) is 24.3 Å². The van der Waals surface area contributed by atoms with Gasteiger partial charge >= 0.3 is 0 Å². The second-order valence-corrected chi connectivity index (χ2v) is 5.37. The Morgan fingerprint density at radius 1 is 1.07 bits per heavy atom. The molecule has 1 heterocycles. The van der Waals surface area contributed by atoms with Gasteiger partial charge in [0.05, 0.1) is 11.6 Å². The van der Waals surface area contributed by atoms with Crippen LogP contribution in [0, 0.1) is 11.3 Å². The lowest BCUT2D eigenvalue weighted by atomic mass is 10.1. The number of rotatable bonds is 5. The number of carbonyl (C=O) groups excluding carboxylic acids is 2. The zero-order valence-corrected chi connectivity index (χ0v) is 14.0. The lowest BCUT2D eigenvalue weighted by Gasteiger charge is -2.07. The van der Waals surface area contributed by atoms with Gasteiger partial charge < -0.3 is 9.26 Å². The van der Waals surface area contributed by atoms with Gasteiger partial charge in [0.15, 0.2) is 18.1 Å². The molecule has 2 N–H and O–H groups in total. The van der Waals surface area contributed by atoms with Crippen molar-refractivity contribution in [2.45, 2.75) is 0 Å². The first-order valence-corrected chi connectivity index (χ1v) is 7.90. The summed E-state index contributed by atoms with van der Waals surface area (Å²) in [4.78, 5) is 23.8. The van der Waals surface area contributed by atoms with E-state index in [1.807, 2.05) is 36.4 Å². The second kappa shape index (κ2) is 8.31. The molecule has 0 aliphatic rings. The van der Waals surface area contributed by atoms with E-state index in [0.717, 1.165) is 5.56 Å². The molecule has 27 heavy (non-hydrogen) atoms. The molecule has 8 heteroatoms. The second-order valence-electron chi connectivity index (χ2n) is 5.37. The third-order valence-electron chi connectivity index (χ3n) is 3.47. The van der Waals surface area contributed by atoms with Crippen molar-refractivity contribution in [3.63, 3.8) is 0 Å². The summed E-state index contributed by atoms with van der Waals surface area (Å²) >= 11 is 0. The van der Waals surface area contributed by atoms with Crippen LogP contribution in [-0.2, 0) is 4.79 Å². The number of aromatic nitrogens is 1. The molecule has 0 atom stereocenters. The third kappa shape index (κ3) is 4.70. The SMILES string of the molecule is N#Cc1ccc(OCC(=O)NNC(=O)c2cc(-c3ccccc3)on2)cc1. The zero-order chi connectivity index (χ0) is 19.1. The molecule has 3 rings (SSSR count). The van der Waals surface area contributed by atoms with Crippen LogP contribution in [0.5, 0.6) is 5.75 Å². The standard InChI is InChI=1S/C19H14N4O4/c20-11-13-6-8-15(9-7-13)26-12-18(24)21-22-19(25)16-10-17(27-23-16)14-4-2-1-3-5-14/h1-10H,12H2,(H,21,24)(H,22,25). The van der Waals surface area contributed by atoms with E-state index in [0.29, 0.717) is 17.1 Å². The molecule has 3 aromatic rings. The molecule has 0 unspecified atom stereocenters. The van der Waals surface area contributed by atoms with Crippen molar-refractivity contribution in [2.75, 3.05) is 6.61 Å². The fourth-order valence-corrected chi connectivity index (χ4v) is 2.12. The molecule has 0 aliphatic heterocycles. The number of hydrazine groups is 1. The monoisotopic (exact) mass is 362 g/mol. The van der Waals surface area contributed by atoms with E-state index in [-0.39, 0.29) is 12.3 Å². The number of hydrogen-bond donors (Lipinski definition) is 2. The van der Waals surface area contributed by atoms with Crippen LogP contribution < -0.4 is 15.6 Å². The molecule has 0 fully saturated rings. The summed E-state index contributed by atoms with van der Waals surface area (Å²) in [5.74, 6) is -0.303. The van der Waals surface area contributed by atoms with Crippen molar-refractivity contribution < 1.29 is 18.8 Å². The summed E-state index contributed by atoms with van der Waals surface area (Å²) in [5, 5.41) is 12.4. The molecule has 0 saturated carbocycles. The summed E-state index contributed by atoms with van der Waals surface area (Å²) in [6, 6.07) is 18.9. The number of ether oxygens (including phenoxy) is 1. The smallest absolute Gasteiger partial charge is 0.291 e. The van der Waals surface area contributed by atoms with E-state index in [2.05, 4.69) is 16.0 Å². The lowest BCUT2D eigenvalue weighted by molar-refractivity contribution is -0.123. The van der Waals surface area contributed by atoms with Gasteiger partial charge in [-0.3, -0.25) is 20.4 Å². The molecule has 134 valence electrons. The Kier molecular flexibility index (Phi) is 5.45. The molecule has 0 bridgehead atoms. The first-order chi connectivity index (χ1) is 13.2. The first kappa shape index (κ1) is 17.7. The van der Waals surface area contributed by atoms with Gasteiger partial charge in [-0.15, -0.1) is 0 Å². The Morgan fingerprint density at radius 2 is 1.81 bits per heavy atom. The number of nitrogens with zero attached hydrogens (tertiary/aromatic N) is 2. The van der Waals surface area contributed by atoms with Crippen LogP contribution in [-0.4, -0.2) is 23.6 Å². The Labute approximate surface area is 154 Å². The summed E-state index contributed by atoms with van der Waals surface area (Å²) in [6.45, 7) is -0.305. The Hall–Kier alpha value is -4.12. The van der Waals surface area contributed by atoms with Crippen LogP contribution in [0.4, 0.5) is 0 Å². The van der Waals surface area contributed by atoms with Gasteiger partial charge in [0.1, 0.15) is 5.75 Å². The number of amides is 2. The van der Waals surface area contributed by atoms with Crippen LogP contribution in [0.3, 0.4) is 0 Å². The normalized spacial score (nSPS) is 9.89. The molecule has 2 aromatic carbocycles. The molecule has 0 spiro atoms. The number of benzene rings is 2. The van der Waals surface area contributed by atoms with Crippen LogP contribution in [0.15, 0.2) is 65.2 Å². The highest BCUT2D eigenvalue weighted by Gasteiger charge is 2.14. The van der Waals surface area contributed by atoms with E-state index < -0.39 is 11.8 Å². The summed E-state index contributed by atoms with van der Waals surface area (Å²) in [7, 11) is 0. The maximum absolute atomic E-state index is 12.0. The highest BCUT2D eigenvalue weighted by molar-refractivity contribution is 5.94. The average molecular weight is 362 g/mol. The van der Waals surface area contributed by atoms with Gasteiger partial charge in [0, 0.05) is 11.6 Å². The van der Waals surface area contributed by atoms with E-state index in [1.54, 1.807) is 24.3 Å². The van der Waals surface area contributed by atoms with Crippen molar-refractivity contribution in [1.82, 2.24) is 16.0 Å². The fraction of sp³-hybridized carbons (Fsp3) is 0.0526. The van der Waals surface area contributed by atoms with Gasteiger partial charge in [-0.1, -0.05) is 35.5 Å². The molecule has 2 amide bonds. The molecular weight excluding hydrogens is 348 g/mol. The van der Waals surface area contributed by atoms with Crippen LogP contribution >= 0.6 is 0 Å². The molecule has 0 radical (unpaired) electrons.